The summed E-state index contributed by atoms with van der Waals surface area (Å²) >= 11 is 12.1. The average molecular weight is 495 g/mol. The van der Waals surface area contributed by atoms with Gasteiger partial charge in [-0.3, -0.25) is 10.1 Å². The van der Waals surface area contributed by atoms with E-state index in [1.807, 2.05) is 6.92 Å². The molecule has 1 aliphatic heterocycles. The van der Waals surface area contributed by atoms with E-state index >= 15 is 0 Å². The van der Waals surface area contributed by atoms with Crippen LogP contribution in [-0.4, -0.2) is 41.9 Å². The summed E-state index contributed by atoms with van der Waals surface area (Å²) in [5.74, 6) is -0.824. The number of benzene rings is 2. The third-order valence-electron chi connectivity index (χ3n) is 5.23. The van der Waals surface area contributed by atoms with Crippen LogP contribution in [0.5, 0.6) is 0 Å². The van der Waals surface area contributed by atoms with E-state index in [-0.39, 0.29) is 29.3 Å². The average Bonchev–Trinajstić information content (AvgIpc) is 3.24. The quantitative estimate of drug-likeness (QED) is 0.563. The fourth-order valence-corrected chi connectivity index (χ4v) is 5.38. The van der Waals surface area contributed by atoms with Crippen molar-refractivity contribution in [2.45, 2.75) is 24.7 Å². The molecule has 1 fully saturated rings. The lowest BCUT2D eigenvalue weighted by Crippen LogP contribution is -2.43. The molecule has 1 N–H and O–H groups in total. The van der Waals surface area contributed by atoms with Crippen molar-refractivity contribution in [1.29, 1.82) is 0 Å². The van der Waals surface area contributed by atoms with Crippen LogP contribution in [0.25, 0.3) is 11.5 Å². The molecule has 11 heteroatoms. The maximum Gasteiger partial charge on any atom is 0.322 e. The van der Waals surface area contributed by atoms with Gasteiger partial charge in [0, 0.05) is 18.1 Å². The first-order chi connectivity index (χ1) is 15.2. The molecule has 0 saturated carbocycles. The molecule has 0 aliphatic carbocycles. The molecule has 1 unspecified atom stereocenters. The number of nitrogens with one attached hydrogen (secondary N) is 1. The Balaban J connectivity index is 1.46. The monoisotopic (exact) mass is 494 g/mol. The van der Waals surface area contributed by atoms with Crippen LogP contribution < -0.4 is 5.32 Å². The minimum absolute atomic E-state index is 0.0726. The third kappa shape index (κ3) is 4.80. The summed E-state index contributed by atoms with van der Waals surface area (Å²) in [5.41, 5.74) is 1.41. The van der Waals surface area contributed by atoms with Crippen LogP contribution in [0, 0.1) is 12.8 Å². The lowest BCUT2D eigenvalue weighted by Gasteiger charge is -2.30. The number of carbonyl (C=O) groups is 1. The van der Waals surface area contributed by atoms with Crippen molar-refractivity contribution >= 4 is 45.1 Å². The van der Waals surface area contributed by atoms with Crippen LogP contribution in [0.4, 0.5) is 6.01 Å². The first kappa shape index (κ1) is 22.7. The molecule has 0 spiro atoms. The van der Waals surface area contributed by atoms with Gasteiger partial charge in [0.25, 0.3) is 5.89 Å². The standard InChI is InChI=1S/C21H20Cl2N4O4S/c1-13-4-7-16(8-5-13)32(29,30)27-10-2-3-14(12-27)19(28)24-21-26-25-20(31-21)17-11-15(22)6-9-18(17)23/h4-9,11,14H,2-3,10,12H2,1H3,(H,24,26,28). The number of halogens is 2. The van der Waals surface area contributed by atoms with Crippen LogP contribution in [0.2, 0.25) is 10.0 Å². The zero-order chi connectivity index (χ0) is 22.9. The van der Waals surface area contributed by atoms with Gasteiger partial charge in [0.05, 0.1) is 21.4 Å². The van der Waals surface area contributed by atoms with Crippen LogP contribution >= 0.6 is 23.2 Å². The van der Waals surface area contributed by atoms with Crippen molar-refractivity contribution in [3.8, 4) is 11.5 Å². The Labute approximate surface area is 195 Å². The van der Waals surface area contributed by atoms with Crippen LogP contribution in [-0.2, 0) is 14.8 Å². The molecule has 0 bridgehead atoms. The highest BCUT2D eigenvalue weighted by atomic mass is 35.5. The molecule has 1 saturated heterocycles. The van der Waals surface area contributed by atoms with Crippen LogP contribution in [0.15, 0.2) is 51.8 Å². The Kier molecular flexibility index (Phi) is 6.52. The van der Waals surface area contributed by atoms with E-state index in [2.05, 4.69) is 15.5 Å². The predicted octanol–water partition coefficient (Wildman–Crippen LogP) is 4.39. The third-order valence-corrected chi connectivity index (χ3v) is 7.67. The van der Waals surface area contributed by atoms with Crippen LogP contribution in [0.1, 0.15) is 18.4 Å². The number of rotatable bonds is 5. The fourth-order valence-electron chi connectivity index (χ4n) is 3.49. The summed E-state index contributed by atoms with van der Waals surface area (Å²) in [6.45, 7) is 2.32. The molecule has 0 radical (unpaired) electrons. The van der Waals surface area contributed by atoms with Crippen LogP contribution in [0.3, 0.4) is 0 Å². The molecule has 4 rings (SSSR count). The summed E-state index contributed by atoms with van der Waals surface area (Å²) in [6.07, 6.45) is 1.11. The first-order valence-electron chi connectivity index (χ1n) is 9.90. The molecule has 1 amide bonds. The number of carbonyl (C=O) groups excluding carboxylic acids is 1. The van der Waals surface area contributed by atoms with Crippen molar-refractivity contribution in [3.63, 3.8) is 0 Å². The molecule has 2 aromatic carbocycles. The molecular weight excluding hydrogens is 475 g/mol. The second-order valence-electron chi connectivity index (χ2n) is 7.54. The number of amides is 1. The van der Waals surface area contributed by atoms with Gasteiger partial charge in [-0.2, -0.15) is 4.31 Å². The topological polar surface area (TPSA) is 105 Å². The molecule has 3 aromatic rings. The maximum absolute atomic E-state index is 13.0. The Morgan fingerprint density at radius 2 is 1.91 bits per heavy atom. The summed E-state index contributed by atoms with van der Waals surface area (Å²) in [4.78, 5) is 13.0. The van der Waals surface area contributed by atoms with Gasteiger partial charge in [-0.15, -0.1) is 5.10 Å². The largest absolute Gasteiger partial charge is 0.403 e. The fraction of sp³-hybridized carbons (Fsp3) is 0.286. The van der Waals surface area contributed by atoms with Gasteiger partial charge in [0.2, 0.25) is 15.9 Å². The van der Waals surface area contributed by atoms with E-state index in [0.29, 0.717) is 35.0 Å². The summed E-state index contributed by atoms with van der Waals surface area (Å²) in [5, 5.41) is 11.1. The van der Waals surface area contributed by atoms with Gasteiger partial charge in [-0.05, 0) is 50.1 Å². The van der Waals surface area contributed by atoms with Gasteiger partial charge in [0.15, 0.2) is 0 Å². The summed E-state index contributed by atoms with van der Waals surface area (Å²) < 4.78 is 32.8. The number of anilines is 1. The number of aromatic nitrogens is 2. The minimum Gasteiger partial charge on any atom is -0.403 e. The predicted molar refractivity (Wildman–Crippen MR) is 121 cm³/mol. The number of hydrogen-bond acceptors (Lipinski definition) is 6. The van der Waals surface area contributed by atoms with E-state index in [4.69, 9.17) is 27.6 Å². The number of hydrogen-bond donors (Lipinski definition) is 1. The van der Waals surface area contributed by atoms with Crippen molar-refractivity contribution in [3.05, 3.63) is 58.1 Å². The van der Waals surface area contributed by atoms with Gasteiger partial charge in [-0.1, -0.05) is 46.0 Å². The second-order valence-corrected chi connectivity index (χ2v) is 10.3. The molecular formula is C21H20Cl2N4O4S. The van der Waals surface area contributed by atoms with Crippen molar-refractivity contribution in [1.82, 2.24) is 14.5 Å². The van der Waals surface area contributed by atoms with E-state index in [0.717, 1.165) is 5.56 Å². The molecule has 32 heavy (non-hydrogen) atoms. The molecule has 1 atom stereocenters. The Morgan fingerprint density at radius 1 is 1.16 bits per heavy atom. The number of sulfonamides is 1. The molecule has 168 valence electrons. The van der Waals surface area contributed by atoms with Gasteiger partial charge >= 0.3 is 6.01 Å². The SMILES string of the molecule is Cc1ccc(S(=O)(=O)N2CCCC(C(=O)Nc3nnc(-c4cc(Cl)ccc4Cl)o3)C2)cc1. The van der Waals surface area contributed by atoms with Crippen molar-refractivity contribution in [2.24, 2.45) is 5.92 Å². The van der Waals surface area contributed by atoms with E-state index < -0.39 is 15.9 Å². The zero-order valence-corrected chi connectivity index (χ0v) is 19.4. The number of aryl methyl sites for hydroxylation is 1. The van der Waals surface area contributed by atoms with Gasteiger partial charge in [-0.25, -0.2) is 8.42 Å². The van der Waals surface area contributed by atoms with Gasteiger partial charge in [0.1, 0.15) is 0 Å². The highest BCUT2D eigenvalue weighted by Crippen LogP contribution is 2.31. The van der Waals surface area contributed by atoms with Gasteiger partial charge < -0.3 is 4.42 Å². The Hall–Kier alpha value is -2.46. The second kappa shape index (κ2) is 9.19. The summed E-state index contributed by atoms with van der Waals surface area (Å²) in [6, 6.07) is 11.4. The normalized spacial score (nSPS) is 17.3. The Morgan fingerprint density at radius 3 is 2.66 bits per heavy atom. The Bertz CT molecular complexity index is 1240. The summed E-state index contributed by atoms with van der Waals surface area (Å²) in [7, 11) is -3.68. The van der Waals surface area contributed by atoms with E-state index in [1.165, 1.54) is 4.31 Å². The lowest BCUT2D eigenvalue weighted by atomic mass is 9.99. The van der Waals surface area contributed by atoms with Crippen molar-refractivity contribution < 1.29 is 17.6 Å². The molecule has 8 nitrogen and oxygen atoms in total. The highest BCUT2D eigenvalue weighted by molar-refractivity contribution is 7.89. The smallest absolute Gasteiger partial charge is 0.322 e. The van der Waals surface area contributed by atoms with E-state index in [9.17, 15) is 13.2 Å². The van der Waals surface area contributed by atoms with E-state index in [1.54, 1.807) is 42.5 Å². The minimum atomic E-state index is -3.68. The molecule has 1 aromatic heterocycles. The first-order valence-corrected chi connectivity index (χ1v) is 12.1. The molecule has 2 heterocycles. The van der Waals surface area contributed by atoms with Crippen molar-refractivity contribution in [2.75, 3.05) is 18.4 Å². The highest BCUT2D eigenvalue weighted by Gasteiger charge is 2.33. The number of nitrogens with zero attached hydrogens (tertiary/aromatic N) is 3. The molecule has 1 aliphatic rings. The maximum atomic E-state index is 13.0. The number of piperidine rings is 1. The lowest BCUT2D eigenvalue weighted by molar-refractivity contribution is -0.121. The zero-order valence-electron chi connectivity index (χ0n) is 17.1.